The lowest BCUT2D eigenvalue weighted by atomic mass is 10.4. The number of aromatic nitrogens is 3. The summed E-state index contributed by atoms with van der Waals surface area (Å²) >= 11 is 1.84. The molecule has 2 aromatic heterocycles. The van der Waals surface area contributed by atoms with Gasteiger partial charge in [-0.25, -0.2) is 9.50 Å². The molecule has 0 fully saturated rings. The van der Waals surface area contributed by atoms with Crippen LogP contribution in [0.1, 0.15) is 6.92 Å². The molecule has 0 spiro atoms. The molecule has 2 heterocycles. The van der Waals surface area contributed by atoms with Gasteiger partial charge in [-0.2, -0.15) is 16.9 Å². The third kappa shape index (κ3) is 2.41. The van der Waals surface area contributed by atoms with E-state index in [4.69, 9.17) is 0 Å². The summed E-state index contributed by atoms with van der Waals surface area (Å²) in [6, 6.07) is 3.83. The molecule has 0 aliphatic carbocycles. The van der Waals surface area contributed by atoms with Crippen LogP contribution in [0.25, 0.3) is 5.65 Å². The number of fused-ring (bicyclic) bond motifs is 1. The maximum absolute atomic E-state index is 4.42. The molecule has 2 rings (SSSR count). The molecule has 0 aliphatic heterocycles. The van der Waals surface area contributed by atoms with Gasteiger partial charge in [0.15, 0.2) is 5.65 Å². The standard InChI is InChI=1S/C10H14N4S/c1-8(15-2)7-11-9-4-6-14-10(13-9)3-5-12-14/h3-6,8H,7H2,1-2H3,(H,11,13). The molecule has 1 unspecified atom stereocenters. The summed E-state index contributed by atoms with van der Waals surface area (Å²) in [5.41, 5.74) is 0.872. The second-order valence-electron chi connectivity index (χ2n) is 3.37. The van der Waals surface area contributed by atoms with Crippen molar-refractivity contribution in [3.8, 4) is 0 Å². The summed E-state index contributed by atoms with van der Waals surface area (Å²) in [5.74, 6) is 0.906. The van der Waals surface area contributed by atoms with Crippen molar-refractivity contribution in [2.45, 2.75) is 12.2 Å². The highest BCUT2D eigenvalue weighted by atomic mass is 32.2. The first-order chi connectivity index (χ1) is 7.29. The lowest BCUT2D eigenvalue weighted by molar-refractivity contribution is 0.931. The van der Waals surface area contributed by atoms with Crippen molar-refractivity contribution in [3.05, 3.63) is 24.5 Å². The van der Waals surface area contributed by atoms with Crippen molar-refractivity contribution < 1.29 is 0 Å². The minimum absolute atomic E-state index is 0.591. The fraction of sp³-hybridized carbons (Fsp3) is 0.400. The Hall–Kier alpha value is -1.23. The normalized spacial score (nSPS) is 12.9. The van der Waals surface area contributed by atoms with Gasteiger partial charge in [-0.3, -0.25) is 0 Å². The smallest absolute Gasteiger partial charge is 0.157 e. The average molecular weight is 222 g/mol. The zero-order valence-electron chi connectivity index (χ0n) is 8.84. The minimum Gasteiger partial charge on any atom is -0.369 e. The Morgan fingerprint density at radius 1 is 1.53 bits per heavy atom. The minimum atomic E-state index is 0.591. The van der Waals surface area contributed by atoms with E-state index in [2.05, 4.69) is 28.6 Å². The fourth-order valence-electron chi connectivity index (χ4n) is 1.24. The Balaban J connectivity index is 2.08. The summed E-state index contributed by atoms with van der Waals surface area (Å²) in [6.45, 7) is 3.12. The number of nitrogens with one attached hydrogen (secondary N) is 1. The van der Waals surface area contributed by atoms with E-state index in [1.807, 2.05) is 30.1 Å². The number of hydrogen-bond acceptors (Lipinski definition) is 4. The van der Waals surface area contributed by atoms with Crippen LogP contribution in [0, 0.1) is 0 Å². The number of hydrogen-bond donors (Lipinski definition) is 1. The Bertz CT molecular complexity index is 440. The quantitative estimate of drug-likeness (QED) is 0.858. The number of anilines is 1. The second-order valence-corrected chi connectivity index (χ2v) is 4.65. The molecule has 5 heteroatoms. The zero-order chi connectivity index (χ0) is 10.7. The van der Waals surface area contributed by atoms with E-state index in [0.29, 0.717) is 5.25 Å². The zero-order valence-corrected chi connectivity index (χ0v) is 9.66. The van der Waals surface area contributed by atoms with Crippen molar-refractivity contribution in [2.75, 3.05) is 18.1 Å². The molecule has 0 bridgehead atoms. The van der Waals surface area contributed by atoms with Crippen LogP contribution >= 0.6 is 11.8 Å². The van der Waals surface area contributed by atoms with Crippen LogP contribution in [0.5, 0.6) is 0 Å². The van der Waals surface area contributed by atoms with Gasteiger partial charge < -0.3 is 5.32 Å². The summed E-state index contributed by atoms with van der Waals surface area (Å²) in [4.78, 5) is 4.42. The molecular weight excluding hydrogens is 208 g/mol. The molecule has 0 amide bonds. The van der Waals surface area contributed by atoms with Crippen molar-refractivity contribution in [1.82, 2.24) is 14.6 Å². The average Bonchev–Trinajstić information content (AvgIpc) is 2.72. The molecule has 80 valence electrons. The highest BCUT2D eigenvalue weighted by molar-refractivity contribution is 7.99. The Morgan fingerprint density at radius 2 is 2.40 bits per heavy atom. The Kier molecular flexibility index (Phi) is 3.11. The van der Waals surface area contributed by atoms with Gasteiger partial charge in [0, 0.05) is 24.1 Å². The third-order valence-corrected chi connectivity index (χ3v) is 3.20. The van der Waals surface area contributed by atoms with Crippen molar-refractivity contribution >= 4 is 23.2 Å². The van der Waals surface area contributed by atoms with Gasteiger partial charge in [0.05, 0.1) is 6.20 Å². The molecule has 15 heavy (non-hydrogen) atoms. The van der Waals surface area contributed by atoms with E-state index in [1.54, 1.807) is 10.7 Å². The fourth-order valence-corrected chi connectivity index (χ4v) is 1.49. The van der Waals surface area contributed by atoms with E-state index >= 15 is 0 Å². The summed E-state index contributed by atoms with van der Waals surface area (Å²) in [5, 5.41) is 7.99. The Labute approximate surface area is 93.1 Å². The largest absolute Gasteiger partial charge is 0.369 e. The molecule has 1 atom stereocenters. The number of thioether (sulfide) groups is 1. The molecule has 0 aliphatic rings. The van der Waals surface area contributed by atoms with Crippen molar-refractivity contribution in [3.63, 3.8) is 0 Å². The molecule has 0 aromatic carbocycles. The van der Waals surface area contributed by atoms with Crippen LogP contribution in [0.4, 0.5) is 5.82 Å². The van der Waals surface area contributed by atoms with Crippen LogP contribution in [0.3, 0.4) is 0 Å². The predicted molar refractivity (Wildman–Crippen MR) is 64.5 cm³/mol. The lowest BCUT2D eigenvalue weighted by Gasteiger charge is -2.10. The molecular formula is C10H14N4S. The molecule has 0 radical (unpaired) electrons. The van der Waals surface area contributed by atoms with Crippen molar-refractivity contribution in [2.24, 2.45) is 0 Å². The number of nitrogens with zero attached hydrogens (tertiary/aromatic N) is 3. The van der Waals surface area contributed by atoms with Gasteiger partial charge in [0.2, 0.25) is 0 Å². The van der Waals surface area contributed by atoms with Crippen LogP contribution in [-0.4, -0.2) is 32.6 Å². The van der Waals surface area contributed by atoms with Crippen LogP contribution in [-0.2, 0) is 0 Å². The molecule has 2 aromatic rings. The van der Waals surface area contributed by atoms with E-state index in [9.17, 15) is 0 Å². The lowest BCUT2D eigenvalue weighted by Crippen LogP contribution is -2.13. The maximum Gasteiger partial charge on any atom is 0.157 e. The van der Waals surface area contributed by atoms with Gasteiger partial charge in [0.1, 0.15) is 5.82 Å². The van der Waals surface area contributed by atoms with Crippen LogP contribution in [0.2, 0.25) is 0 Å². The molecule has 0 saturated heterocycles. The SMILES string of the molecule is CSC(C)CNc1ccn2nccc2n1. The van der Waals surface area contributed by atoms with E-state index in [1.165, 1.54) is 0 Å². The van der Waals surface area contributed by atoms with Gasteiger partial charge in [-0.05, 0) is 12.3 Å². The first-order valence-electron chi connectivity index (χ1n) is 4.86. The van der Waals surface area contributed by atoms with Gasteiger partial charge in [-0.1, -0.05) is 6.92 Å². The molecule has 1 N–H and O–H groups in total. The van der Waals surface area contributed by atoms with Gasteiger partial charge in [-0.15, -0.1) is 0 Å². The Morgan fingerprint density at radius 3 is 3.20 bits per heavy atom. The third-order valence-electron chi connectivity index (χ3n) is 2.23. The van der Waals surface area contributed by atoms with E-state index in [-0.39, 0.29) is 0 Å². The van der Waals surface area contributed by atoms with Gasteiger partial charge in [0.25, 0.3) is 0 Å². The first kappa shape index (κ1) is 10.3. The van der Waals surface area contributed by atoms with Crippen LogP contribution < -0.4 is 5.32 Å². The van der Waals surface area contributed by atoms with Gasteiger partial charge >= 0.3 is 0 Å². The monoisotopic (exact) mass is 222 g/mol. The summed E-state index contributed by atoms with van der Waals surface area (Å²) < 4.78 is 1.75. The summed E-state index contributed by atoms with van der Waals surface area (Å²) in [6.07, 6.45) is 5.77. The number of rotatable bonds is 4. The van der Waals surface area contributed by atoms with E-state index < -0.39 is 0 Å². The van der Waals surface area contributed by atoms with E-state index in [0.717, 1.165) is 18.0 Å². The highest BCUT2D eigenvalue weighted by Gasteiger charge is 2.01. The highest BCUT2D eigenvalue weighted by Crippen LogP contribution is 2.09. The van der Waals surface area contributed by atoms with Crippen LogP contribution in [0.15, 0.2) is 24.5 Å². The molecule has 0 saturated carbocycles. The second kappa shape index (κ2) is 4.53. The topological polar surface area (TPSA) is 42.2 Å². The predicted octanol–water partition coefficient (Wildman–Crippen LogP) is 1.89. The molecule has 4 nitrogen and oxygen atoms in total. The maximum atomic E-state index is 4.42. The van der Waals surface area contributed by atoms with Crippen molar-refractivity contribution in [1.29, 1.82) is 0 Å². The first-order valence-corrected chi connectivity index (χ1v) is 6.15. The summed E-state index contributed by atoms with van der Waals surface area (Å²) in [7, 11) is 0.